The van der Waals surface area contributed by atoms with E-state index in [1.165, 1.54) is 11.1 Å². The summed E-state index contributed by atoms with van der Waals surface area (Å²) in [5, 5.41) is 2.35. The van der Waals surface area contributed by atoms with Gasteiger partial charge in [0.05, 0.1) is 13.2 Å². The van der Waals surface area contributed by atoms with E-state index in [0.29, 0.717) is 12.8 Å². The van der Waals surface area contributed by atoms with Crippen LogP contribution in [0.2, 0.25) is 0 Å². The first kappa shape index (κ1) is 14.7. The highest BCUT2D eigenvalue weighted by molar-refractivity contribution is 5.44. The fourth-order valence-electron chi connectivity index (χ4n) is 2.62. The first-order chi connectivity index (χ1) is 10.7. The van der Waals surface area contributed by atoms with E-state index in [2.05, 4.69) is 36.5 Å². The van der Waals surface area contributed by atoms with Crippen molar-refractivity contribution < 1.29 is 19.5 Å². The van der Waals surface area contributed by atoms with Gasteiger partial charge in [0.25, 0.3) is 0 Å². The van der Waals surface area contributed by atoms with Crippen molar-refractivity contribution in [2.24, 2.45) is 0 Å². The van der Waals surface area contributed by atoms with Gasteiger partial charge >= 0.3 is 0 Å². The molecule has 0 bridgehead atoms. The molecule has 4 nitrogen and oxygen atoms in total. The normalized spacial score (nSPS) is 13.9. The van der Waals surface area contributed by atoms with E-state index in [4.69, 9.17) is 14.2 Å². The van der Waals surface area contributed by atoms with Crippen LogP contribution in [0.5, 0.6) is 17.2 Å². The number of methoxy groups -OCH3 is 1. The lowest BCUT2D eigenvalue weighted by atomic mass is 10.1. The minimum Gasteiger partial charge on any atom is -0.497 e. The Kier molecular flexibility index (Phi) is 4.49. The lowest BCUT2D eigenvalue weighted by molar-refractivity contribution is -0.701. The Morgan fingerprint density at radius 3 is 2.55 bits per heavy atom. The topological polar surface area (TPSA) is 44.3 Å². The van der Waals surface area contributed by atoms with Gasteiger partial charge in [0.15, 0.2) is 11.5 Å². The maximum Gasteiger partial charge on any atom is 0.231 e. The van der Waals surface area contributed by atoms with E-state index >= 15 is 0 Å². The van der Waals surface area contributed by atoms with E-state index in [9.17, 15) is 0 Å². The third kappa shape index (κ3) is 3.52. The number of ether oxygens (including phenoxy) is 3. The van der Waals surface area contributed by atoms with E-state index in [1.807, 2.05) is 18.2 Å². The van der Waals surface area contributed by atoms with Crippen molar-refractivity contribution in [3.63, 3.8) is 0 Å². The lowest BCUT2D eigenvalue weighted by Crippen LogP contribution is -2.88. The Balaban J connectivity index is 1.52. The summed E-state index contributed by atoms with van der Waals surface area (Å²) >= 11 is 0. The molecule has 1 atom stereocenters. The summed E-state index contributed by atoms with van der Waals surface area (Å²) in [6.07, 6.45) is 1.04. The zero-order valence-electron chi connectivity index (χ0n) is 13.0. The number of quaternary nitrogens is 1. The second kappa shape index (κ2) is 6.71. The van der Waals surface area contributed by atoms with Crippen molar-refractivity contribution >= 4 is 0 Å². The minimum atomic E-state index is 0.330. The highest BCUT2D eigenvalue weighted by Gasteiger charge is 2.14. The van der Waals surface area contributed by atoms with Crippen molar-refractivity contribution in [1.82, 2.24) is 0 Å². The first-order valence-electron chi connectivity index (χ1n) is 7.59. The summed E-state index contributed by atoms with van der Waals surface area (Å²) in [7, 11) is 1.69. The summed E-state index contributed by atoms with van der Waals surface area (Å²) in [5.74, 6) is 2.60. The Bertz CT molecular complexity index is 625. The van der Waals surface area contributed by atoms with E-state index in [0.717, 1.165) is 30.2 Å². The van der Waals surface area contributed by atoms with Crippen molar-refractivity contribution in [1.29, 1.82) is 0 Å². The molecule has 0 aliphatic carbocycles. The van der Waals surface area contributed by atoms with Crippen LogP contribution < -0.4 is 19.5 Å². The molecule has 0 saturated heterocycles. The summed E-state index contributed by atoms with van der Waals surface area (Å²) in [6.45, 7) is 3.52. The number of fused-ring (bicyclic) bond motifs is 1. The molecule has 1 aliphatic heterocycles. The van der Waals surface area contributed by atoms with Crippen LogP contribution in [0, 0.1) is 0 Å². The van der Waals surface area contributed by atoms with Gasteiger partial charge < -0.3 is 19.5 Å². The molecule has 0 spiro atoms. The van der Waals surface area contributed by atoms with Crippen molar-refractivity contribution in [2.45, 2.75) is 25.9 Å². The maximum absolute atomic E-state index is 5.42. The van der Waals surface area contributed by atoms with E-state index in [1.54, 1.807) is 7.11 Å². The molecule has 2 aromatic carbocycles. The fraction of sp³-hybridized carbons (Fsp3) is 0.333. The number of nitrogens with two attached hydrogens (primary N) is 1. The third-order valence-corrected chi connectivity index (χ3v) is 3.91. The van der Waals surface area contributed by atoms with Crippen molar-refractivity contribution in [2.75, 3.05) is 13.9 Å². The van der Waals surface area contributed by atoms with Crippen LogP contribution in [-0.4, -0.2) is 19.9 Å². The lowest BCUT2D eigenvalue weighted by Gasteiger charge is -2.11. The van der Waals surface area contributed by atoms with Gasteiger partial charge in [-0.1, -0.05) is 12.1 Å². The Morgan fingerprint density at radius 2 is 1.77 bits per heavy atom. The molecule has 0 amide bonds. The van der Waals surface area contributed by atoms with Crippen LogP contribution in [0.3, 0.4) is 0 Å². The molecule has 1 aliphatic rings. The second-order valence-electron chi connectivity index (χ2n) is 5.66. The van der Waals surface area contributed by atoms with Gasteiger partial charge in [0.1, 0.15) is 12.3 Å². The number of hydrogen-bond donors (Lipinski definition) is 1. The SMILES string of the molecule is COc1ccc(C[C@@H](C)[NH2+]Cc2ccc3c(c2)OCO3)cc1. The molecule has 3 rings (SSSR count). The molecule has 116 valence electrons. The van der Waals surface area contributed by atoms with Crippen LogP contribution in [0.4, 0.5) is 0 Å². The van der Waals surface area contributed by atoms with E-state index in [-0.39, 0.29) is 0 Å². The quantitative estimate of drug-likeness (QED) is 0.889. The molecule has 0 unspecified atom stereocenters. The highest BCUT2D eigenvalue weighted by atomic mass is 16.7. The zero-order chi connectivity index (χ0) is 15.4. The Labute approximate surface area is 131 Å². The first-order valence-corrected chi connectivity index (χ1v) is 7.59. The van der Waals surface area contributed by atoms with Gasteiger partial charge in [0, 0.05) is 12.0 Å². The van der Waals surface area contributed by atoms with Crippen LogP contribution in [-0.2, 0) is 13.0 Å². The summed E-state index contributed by atoms with van der Waals surface area (Å²) in [5.41, 5.74) is 2.58. The van der Waals surface area contributed by atoms with Gasteiger partial charge in [0.2, 0.25) is 6.79 Å². The smallest absolute Gasteiger partial charge is 0.231 e. The summed E-state index contributed by atoms with van der Waals surface area (Å²) < 4.78 is 15.9. The van der Waals surface area contributed by atoms with Crippen LogP contribution in [0.1, 0.15) is 18.1 Å². The molecule has 2 aromatic rings. The number of hydrogen-bond acceptors (Lipinski definition) is 3. The van der Waals surface area contributed by atoms with Gasteiger partial charge in [-0.3, -0.25) is 0 Å². The van der Waals surface area contributed by atoms with Gasteiger partial charge in [-0.15, -0.1) is 0 Å². The standard InChI is InChI=1S/C18H21NO3/c1-13(9-14-3-6-16(20-2)7-4-14)19-11-15-5-8-17-18(10-15)22-12-21-17/h3-8,10,13,19H,9,11-12H2,1-2H3/p+1/t13-/m1/s1. The highest BCUT2D eigenvalue weighted by Crippen LogP contribution is 2.32. The number of rotatable bonds is 6. The zero-order valence-corrected chi connectivity index (χ0v) is 13.0. The van der Waals surface area contributed by atoms with Gasteiger partial charge in [-0.05, 0) is 42.8 Å². The number of benzene rings is 2. The molecular weight excluding hydrogens is 278 g/mol. The monoisotopic (exact) mass is 300 g/mol. The minimum absolute atomic E-state index is 0.330. The van der Waals surface area contributed by atoms with Crippen molar-refractivity contribution in [3.05, 3.63) is 53.6 Å². The van der Waals surface area contributed by atoms with Crippen LogP contribution in [0.25, 0.3) is 0 Å². The molecular formula is C18H22NO3+. The predicted molar refractivity (Wildman–Crippen MR) is 84.4 cm³/mol. The molecule has 4 heteroatoms. The molecule has 0 radical (unpaired) electrons. The third-order valence-electron chi connectivity index (χ3n) is 3.91. The Morgan fingerprint density at radius 1 is 1.05 bits per heavy atom. The molecule has 22 heavy (non-hydrogen) atoms. The molecule has 0 saturated carbocycles. The summed E-state index contributed by atoms with van der Waals surface area (Å²) in [4.78, 5) is 0. The van der Waals surface area contributed by atoms with Crippen molar-refractivity contribution in [3.8, 4) is 17.2 Å². The average Bonchev–Trinajstić information content (AvgIpc) is 3.01. The van der Waals surface area contributed by atoms with Gasteiger partial charge in [-0.25, -0.2) is 0 Å². The molecule has 0 aromatic heterocycles. The second-order valence-corrected chi connectivity index (χ2v) is 5.66. The molecule has 0 fully saturated rings. The average molecular weight is 300 g/mol. The maximum atomic E-state index is 5.42. The molecule has 1 heterocycles. The van der Waals surface area contributed by atoms with Crippen LogP contribution >= 0.6 is 0 Å². The van der Waals surface area contributed by atoms with Crippen LogP contribution in [0.15, 0.2) is 42.5 Å². The summed E-state index contributed by atoms with van der Waals surface area (Å²) in [6, 6.07) is 15.0. The van der Waals surface area contributed by atoms with E-state index < -0.39 is 0 Å². The largest absolute Gasteiger partial charge is 0.497 e. The predicted octanol–water partition coefficient (Wildman–Crippen LogP) is 2.12. The molecule has 2 N–H and O–H groups in total. The fourth-order valence-corrected chi connectivity index (χ4v) is 2.62. The van der Waals surface area contributed by atoms with Gasteiger partial charge in [-0.2, -0.15) is 0 Å². The Hall–Kier alpha value is -2.20.